The van der Waals surface area contributed by atoms with Gasteiger partial charge in [-0.2, -0.15) is 0 Å². The molecule has 1 aliphatic heterocycles. The van der Waals surface area contributed by atoms with Gasteiger partial charge in [0.15, 0.2) is 23.1 Å². The van der Waals surface area contributed by atoms with Gasteiger partial charge in [0.05, 0.1) is 6.04 Å². The third-order valence-electron chi connectivity index (χ3n) is 4.13. The van der Waals surface area contributed by atoms with Crippen molar-refractivity contribution in [1.29, 1.82) is 0 Å². The molecule has 140 valence electrons. The number of carbonyl (C=O) groups is 1. The fourth-order valence-corrected chi connectivity index (χ4v) is 4.09. The van der Waals surface area contributed by atoms with E-state index >= 15 is 0 Å². The smallest absolute Gasteiger partial charge is 0.276 e. The minimum atomic E-state index is -3.87. The van der Waals surface area contributed by atoms with E-state index in [0.717, 1.165) is 12.1 Å². The summed E-state index contributed by atoms with van der Waals surface area (Å²) in [7, 11) is -2.38. The van der Waals surface area contributed by atoms with Crippen LogP contribution in [0, 0.1) is 11.6 Å². The van der Waals surface area contributed by atoms with Gasteiger partial charge in [-0.05, 0) is 26.0 Å². The fourth-order valence-electron chi connectivity index (χ4n) is 2.60. The van der Waals surface area contributed by atoms with Crippen LogP contribution in [0.1, 0.15) is 24.3 Å². The number of rotatable bonds is 2. The minimum absolute atomic E-state index is 0.0277. The van der Waals surface area contributed by atoms with E-state index < -0.39 is 39.7 Å². The lowest BCUT2D eigenvalue weighted by Crippen LogP contribution is -2.39. The summed E-state index contributed by atoms with van der Waals surface area (Å²) in [5.74, 6) is -2.95. The van der Waals surface area contributed by atoms with Crippen molar-refractivity contribution in [3.63, 3.8) is 0 Å². The lowest BCUT2D eigenvalue weighted by molar-refractivity contribution is 0.101. The van der Waals surface area contributed by atoms with Crippen LogP contribution in [0.25, 0.3) is 0 Å². The van der Waals surface area contributed by atoms with Gasteiger partial charge in [-0.15, -0.1) is 0 Å². The molecule has 1 amide bonds. The number of amides is 1. The number of nitrogens with zero attached hydrogens (tertiary/aromatic N) is 1. The first-order valence-corrected chi connectivity index (χ1v) is 9.23. The van der Waals surface area contributed by atoms with Crippen LogP contribution >= 0.6 is 0 Å². The maximum Gasteiger partial charge on any atom is 0.276 e. The van der Waals surface area contributed by atoms with Crippen molar-refractivity contribution in [2.45, 2.75) is 30.9 Å². The van der Waals surface area contributed by atoms with Gasteiger partial charge >= 0.3 is 0 Å². The number of aromatic nitrogens is 1. The van der Waals surface area contributed by atoms with E-state index in [9.17, 15) is 22.0 Å². The number of hydrogen-bond acceptors (Lipinski definition) is 4. The van der Waals surface area contributed by atoms with Crippen LogP contribution < -0.4 is 14.8 Å². The summed E-state index contributed by atoms with van der Waals surface area (Å²) in [5, 5.41) is 2.42. The second-order valence-electron chi connectivity index (χ2n) is 6.10. The summed E-state index contributed by atoms with van der Waals surface area (Å²) in [4.78, 5) is 12.5. The molecular formula is C16H17F2N3O4S. The Kier molecular flexibility index (Phi) is 4.49. The third kappa shape index (κ3) is 3.17. The normalized spacial score (nSPS) is 21.4. The van der Waals surface area contributed by atoms with Gasteiger partial charge in [0.1, 0.15) is 11.0 Å². The van der Waals surface area contributed by atoms with Crippen molar-refractivity contribution in [3.05, 3.63) is 41.7 Å². The number of ether oxygens (including phenoxy) is 1. The molecule has 2 heterocycles. The van der Waals surface area contributed by atoms with E-state index in [4.69, 9.17) is 4.74 Å². The molecule has 0 unspecified atom stereocenters. The summed E-state index contributed by atoms with van der Waals surface area (Å²) >= 11 is 0. The zero-order chi connectivity index (χ0) is 19.2. The van der Waals surface area contributed by atoms with Crippen molar-refractivity contribution in [1.82, 2.24) is 9.29 Å². The predicted octanol–water partition coefficient (Wildman–Crippen LogP) is 2.00. The molecule has 2 atom stereocenters. The Morgan fingerprint density at radius 2 is 1.96 bits per heavy atom. The van der Waals surface area contributed by atoms with E-state index in [1.165, 1.54) is 23.9 Å². The van der Waals surface area contributed by atoms with Gasteiger partial charge in [-0.25, -0.2) is 21.9 Å². The Bertz CT molecular complexity index is 988. The highest BCUT2D eigenvalue weighted by Crippen LogP contribution is 2.34. The van der Waals surface area contributed by atoms with Crippen LogP contribution in [0.2, 0.25) is 0 Å². The van der Waals surface area contributed by atoms with Crippen molar-refractivity contribution in [3.8, 4) is 5.75 Å². The van der Waals surface area contributed by atoms with Gasteiger partial charge < -0.3 is 14.6 Å². The molecule has 1 aromatic heterocycles. The molecule has 0 saturated heterocycles. The molecule has 0 aliphatic carbocycles. The summed E-state index contributed by atoms with van der Waals surface area (Å²) in [6.07, 6.45) is 0.742. The van der Waals surface area contributed by atoms with Crippen LogP contribution in [0.15, 0.2) is 29.3 Å². The van der Waals surface area contributed by atoms with Crippen LogP contribution in [0.3, 0.4) is 0 Å². The van der Waals surface area contributed by atoms with E-state index in [2.05, 4.69) is 10.0 Å². The van der Waals surface area contributed by atoms with Gasteiger partial charge in [-0.1, -0.05) is 0 Å². The van der Waals surface area contributed by atoms with E-state index in [1.54, 1.807) is 13.8 Å². The first kappa shape index (κ1) is 18.3. The average Bonchev–Trinajstić information content (AvgIpc) is 2.84. The molecule has 2 aromatic rings. The third-order valence-corrected chi connectivity index (χ3v) is 5.69. The predicted molar refractivity (Wildman–Crippen MR) is 89.6 cm³/mol. The maximum absolute atomic E-state index is 13.3. The molecule has 10 heteroatoms. The fraction of sp³-hybridized carbons (Fsp3) is 0.312. The summed E-state index contributed by atoms with van der Waals surface area (Å²) < 4.78 is 60.7. The highest BCUT2D eigenvalue weighted by Gasteiger charge is 2.36. The number of anilines is 1. The van der Waals surface area contributed by atoms with Gasteiger partial charge in [0.25, 0.3) is 5.91 Å². The maximum atomic E-state index is 13.3. The summed E-state index contributed by atoms with van der Waals surface area (Å²) in [6, 6.07) is 2.41. The summed E-state index contributed by atoms with van der Waals surface area (Å²) in [5.41, 5.74) is -0.0177. The standard InChI is InChI=1S/C16H17F2N3O4S/c1-8-9(2)25-15-13(26(23,24)20-8)7-21(3)14(15)16(22)19-10-4-5-11(17)12(18)6-10/h4-9,20H,1-3H3,(H,19,22)/t8-,9+/m0/s1. The lowest BCUT2D eigenvalue weighted by Gasteiger charge is -2.18. The molecule has 3 rings (SSSR count). The van der Waals surface area contributed by atoms with Crippen molar-refractivity contribution < 1.29 is 26.7 Å². The number of halogens is 2. The van der Waals surface area contributed by atoms with Gasteiger partial charge in [0, 0.05) is 25.0 Å². The number of hydrogen-bond donors (Lipinski definition) is 2. The van der Waals surface area contributed by atoms with Crippen LogP contribution in [0.4, 0.5) is 14.5 Å². The Labute approximate surface area is 149 Å². The van der Waals surface area contributed by atoms with E-state index in [-0.39, 0.29) is 22.0 Å². The number of nitrogens with one attached hydrogen (secondary N) is 2. The molecule has 7 nitrogen and oxygen atoms in total. The van der Waals surface area contributed by atoms with E-state index in [1.807, 2.05) is 0 Å². The first-order chi connectivity index (χ1) is 12.1. The minimum Gasteiger partial charge on any atom is -0.485 e. The highest BCUT2D eigenvalue weighted by molar-refractivity contribution is 7.89. The number of sulfonamides is 1. The molecular weight excluding hydrogens is 368 g/mol. The topological polar surface area (TPSA) is 89.4 Å². The summed E-state index contributed by atoms with van der Waals surface area (Å²) in [6.45, 7) is 3.32. The number of aryl methyl sites for hydroxylation is 1. The van der Waals surface area contributed by atoms with Crippen LogP contribution in [-0.2, 0) is 17.1 Å². The second kappa shape index (κ2) is 6.36. The Morgan fingerprint density at radius 3 is 2.62 bits per heavy atom. The Balaban J connectivity index is 2.02. The molecule has 0 fully saturated rings. The molecule has 0 radical (unpaired) electrons. The van der Waals surface area contributed by atoms with Crippen molar-refractivity contribution >= 4 is 21.6 Å². The molecule has 26 heavy (non-hydrogen) atoms. The van der Waals surface area contributed by atoms with Crippen LogP contribution in [0.5, 0.6) is 5.75 Å². The zero-order valence-electron chi connectivity index (χ0n) is 14.2. The lowest BCUT2D eigenvalue weighted by atomic mass is 10.2. The van der Waals surface area contributed by atoms with Crippen molar-refractivity contribution in [2.24, 2.45) is 7.05 Å². The van der Waals surface area contributed by atoms with E-state index in [0.29, 0.717) is 0 Å². The number of carbonyl (C=O) groups excluding carboxylic acids is 1. The quantitative estimate of drug-likeness (QED) is 0.828. The monoisotopic (exact) mass is 385 g/mol. The molecule has 1 aromatic carbocycles. The van der Waals surface area contributed by atoms with Gasteiger partial charge in [0.2, 0.25) is 10.0 Å². The Hall–Kier alpha value is -2.46. The molecule has 0 saturated carbocycles. The van der Waals surface area contributed by atoms with Crippen molar-refractivity contribution in [2.75, 3.05) is 5.32 Å². The molecule has 0 bridgehead atoms. The molecule has 1 aliphatic rings. The number of fused-ring (bicyclic) bond motifs is 1. The Morgan fingerprint density at radius 1 is 1.27 bits per heavy atom. The SMILES string of the molecule is C[C@@H]1NS(=O)(=O)c2cn(C)c(C(=O)Nc3ccc(F)c(F)c3)c2O[C@@H]1C. The average molecular weight is 385 g/mol. The van der Waals surface area contributed by atoms with Gasteiger partial charge in [-0.3, -0.25) is 4.79 Å². The number of benzene rings is 1. The highest BCUT2D eigenvalue weighted by atomic mass is 32.2. The zero-order valence-corrected chi connectivity index (χ0v) is 15.0. The molecule has 2 N–H and O–H groups in total. The second-order valence-corrected chi connectivity index (χ2v) is 7.78. The molecule has 0 spiro atoms. The largest absolute Gasteiger partial charge is 0.485 e. The first-order valence-electron chi connectivity index (χ1n) is 7.75. The van der Waals surface area contributed by atoms with Crippen LogP contribution in [-0.4, -0.2) is 31.0 Å².